The summed E-state index contributed by atoms with van der Waals surface area (Å²) in [5.74, 6) is -7.47. The lowest BCUT2D eigenvalue weighted by molar-refractivity contribution is -0.143. The normalized spacial score (nSPS) is 20.1. The second kappa shape index (κ2) is 18.8. The Kier molecular flexibility index (Phi) is 16.3. The van der Waals surface area contributed by atoms with Gasteiger partial charge in [-0.25, -0.2) is 0 Å². The van der Waals surface area contributed by atoms with Crippen molar-refractivity contribution in [2.75, 3.05) is 6.54 Å². The van der Waals surface area contributed by atoms with Crippen LogP contribution < -0.4 is 32.3 Å². The van der Waals surface area contributed by atoms with E-state index in [9.17, 15) is 58.8 Å². The molecule has 11 N–H and O–H groups in total. The van der Waals surface area contributed by atoms with E-state index in [4.69, 9.17) is 5.73 Å². The maximum atomic E-state index is 13.2. The molecule has 0 unspecified atom stereocenters. The van der Waals surface area contributed by atoms with Crippen LogP contribution in [-0.2, 0) is 38.4 Å². The summed E-state index contributed by atoms with van der Waals surface area (Å²) in [7, 11) is 0. The van der Waals surface area contributed by atoms with Crippen molar-refractivity contribution >= 4 is 47.7 Å². The summed E-state index contributed by atoms with van der Waals surface area (Å²) in [6.07, 6.45) is -3.92. The smallest absolute Gasteiger partial charge is 0.305 e. The Balaban J connectivity index is 3.09. The molecule has 1 aliphatic rings. The fourth-order valence-corrected chi connectivity index (χ4v) is 4.58. The summed E-state index contributed by atoms with van der Waals surface area (Å²) in [4.78, 5) is 101. The highest BCUT2D eigenvalue weighted by Gasteiger charge is 2.39. The molecule has 266 valence electrons. The second-order valence-electron chi connectivity index (χ2n) is 11.5. The third-order valence-corrected chi connectivity index (χ3v) is 7.45. The summed E-state index contributed by atoms with van der Waals surface area (Å²) < 4.78 is 0. The molecule has 1 fully saturated rings. The number of carbonyl (C=O) groups excluding carboxylic acids is 7. The van der Waals surface area contributed by atoms with Crippen LogP contribution in [-0.4, -0.2) is 140 Å². The van der Waals surface area contributed by atoms with Gasteiger partial charge in [0, 0.05) is 6.54 Å². The molecule has 19 heteroatoms. The number of hydrogen-bond donors (Lipinski definition) is 10. The number of nitrogens with two attached hydrogens (primary N) is 1. The van der Waals surface area contributed by atoms with E-state index in [1.165, 1.54) is 18.7 Å². The van der Waals surface area contributed by atoms with Crippen molar-refractivity contribution in [1.82, 2.24) is 31.5 Å². The van der Waals surface area contributed by atoms with E-state index >= 15 is 0 Å². The number of rotatable bonds is 18. The highest BCUT2D eigenvalue weighted by Crippen LogP contribution is 2.17. The van der Waals surface area contributed by atoms with Crippen LogP contribution in [0.5, 0.6) is 0 Å². The number of carboxylic acids is 1. The number of hydrogen-bond acceptors (Lipinski definition) is 12. The van der Waals surface area contributed by atoms with E-state index < -0.39 is 108 Å². The number of aliphatic carboxylic acids is 1. The number of nitrogens with zero attached hydrogens (tertiary/aromatic N) is 1. The van der Waals surface area contributed by atoms with Crippen LogP contribution in [0, 0.1) is 0 Å². The van der Waals surface area contributed by atoms with Crippen LogP contribution in [0.4, 0.5) is 0 Å². The summed E-state index contributed by atoms with van der Waals surface area (Å²) in [6.45, 7) is 6.53. The highest BCUT2D eigenvalue weighted by atomic mass is 16.4. The minimum absolute atomic E-state index is 0.206. The molecular formula is C28H47N7O12. The van der Waals surface area contributed by atoms with Gasteiger partial charge in [0.15, 0.2) is 0 Å². The molecule has 1 aliphatic heterocycles. The van der Waals surface area contributed by atoms with Gasteiger partial charge in [-0.05, 0) is 47.0 Å². The number of aldehydes is 1. The van der Waals surface area contributed by atoms with Crippen molar-refractivity contribution in [3.05, 3.63) is 0 Å². The van der Waals surface area contributed by atoms with Gasteiger partial charge in [-0.1, -0.05) is 6.92 Å². The van der Waals surface area contributed by atoms with Gasteiger partial charge in [0.05, 0.1) is 36.8 Å². The minimum Gasteiger partial charge on any atom is -0.481 e. The van der Waals surface area contributed by atoms with Gasteiger partial charge >= 0.3 is 5.97 Å². The zero-order valence-electron chi connectivity index (χ0n) is 27.0. The molecule has 0 aromatic heterocycles. The number of aliphatic hydroxyl groups is 3. The van der Waals surface area contributed by atoms with Crippen molar-refractivity contribution in [2.45, 2.75) is 121 Å². The molecule has 47 heavy (non-hydrogen) atoms. The highest BCUT2D eigenvalue weighted by molar-refractivity contribution is 5.98. The Morgan fingerprint density at radius 2 is 1.26 bits per heavy atom. The first kappa shape index (κ1) is 40.8. The molecule has 0 saturated carbocycles. The molecular weight excluding hydrogens is 626 g/mol. The molecule has 1 rings (SSSR count). The van der Waals surface area contributed by atoms with Gasteiger partial charge in [0.25, 0.3) is 0 Å². The van der Waals surface area contributed by atoms with E-state index in [1.807, 2.05) is 0 Å². The molecule has 1 saturated heterocycles. The Hall–Kier alpha value is -4.20. The van der Waals surface area contributed by atoms with E-state index in [2.05, 4.69) is 26.6 Å². The lowest BCUT2D eigenvalue weighted by atomic mass is 10.1. The Morgan fingerprint density at radius 3 is 1.70 bits per heavy atom. The minimum atomic E-state index is -1.85. The number of amides is 6. The predicted octanol–water partition coefficient (Wildman–Crippen LogP) is -5.03. The van der Waals surface area contributed by atoms with Crippen molar-refractivity contribution in [3.8, 4) is 0 Å². The first-order chi connectivity index (χ1) is 21.9. The zero-order valence-corrected chi connectivity index (χ0v) is 27.0. The van der Waals surface area contributed by atoms with Crippen LogP contribution in [0.1, 0.15) is 60.3 Å². The van der Waals surface area contributed by atoms with E-state index in [0.29, 0.717) is 19.1 Å². The number of likely N-dealkylation sites (tertiary alicyclic amines) is 1. The average Bonchev–Trinajstić information content (AvgIpc) is 3.48. The van der Waals surface area contributed by atoms with Gasteiger partial charge in [0.2, 0.25) is 35.4 Å². The molecule has 0 aromatic rings. The molecule has 10 atom stereocenters. The van der Waals surface area contributed by atoms with Crippen LogP contribution in [0.25, 0.3) is 0 Å². The lowest BCUT2D eigenvalue weighted by Crippen LogP contribution is -2.64. The topological polar surface area (TPSA) is 307 Å². The first-order valence-corrected chi connectivity index (χ1v) is 15.1. The zero-order chi connectivity index (χ0) is 36.2. The average molecular weight is 674 g/mol. The van der Waals surface area contributed by atoms with Gasteiger partial charge in [0.1, 0.15) is 36.5 Å². The quantitative estimate of drug-likeness (QED) is 0.0610. The molecule has 19 nitrogen and oxygen atoms in total. The van der Waals surface area contributed by atoms with Gasteiger partial charge in [-0.2, -0.15) is 0 Å². The van der Waals surface area contributed by atoms with Gasteiger partial charge in [-0.15, -0.1) is 0 Å². The fourth-order valence-electron chi connectivity index (χ4n) is 4.58. The SMILES string of the molecule is CC[C@H](N)C(=O)N[C@@H](C)C(=O)N[C@@H](CC(=O)O)C(=O)N[C@H](C(=O)N[C@H](C(=O)N[C@H](C(=O)N1CCC[C@H]1C=O)[C@@H](C)O)[C@@H](C)O)[C@@H](C)O. The predicted molar refractivity (Wildman–Crippen MR) is 162 cm³/mol. The number of aliphatic hydroxyl groups excluding tert-OH is 3. The summed E-state index contributed by atoms with van der Waals surface area (Å²) in [5.41, 5.74) is 5.62. The number of carboxylic acid groups (broad SMARTS) is 1. The fraction of sp³-hybridized carbons (Fsp3) is 0.714. The van der Waals surface area contributed by atoms with Crippen LogP contribution in [0.3, 0.4) is 0 Å². The van der Waals surface area contributed by atoms with Crippen molar-refractivity contribution < 1.29 is 58.8 Å². The largest absolute Gasteiger partial charge is 0.481 e. The summed E-state index contributed by atoms with van der Waals surface area (Å²) >= 11 is 0. The molecule has 0 spiro atoms. The van der Waals surface area contributed by atoms with Gasteiger partial charge in [-0.3, -0.25) is 33.6 Å². The Labute approximate surface area is 271 Å². The van der Waals surface area contributed by atoms with E-state index in [1.54, 1.807) is 6.92 Å². The number of carbonyl (C=O) groups is 8. The second-order valence-corrected chi connectivity index (χ2v) is 11.5. The van der Waals surface area contributed by atoms with Crippen LogP contribution >= 0.6 is 0 Å². The molecule has 6 amide bonds. The summed E-state index contributed by atoms with van der Waals surface area (Å²) in [5, 5.41) is 51.1. The third kappa shape index (κ3) is 12.2. The van der Waals surface area contributed by atoms with Crippen molar-refractivity contribution in [2.24, 2.45) is 5.73 Å². The van der Waals surface area contributed by atoms with Crippen LogP contribution in [0.2, 0.25) is 0 Å². The third-order valence-electron chi connectivity index (χ3n) is 7.45. The Morgan fingerprint density at radius 1 is 0.766 bits per heavy atom. The number of nitrogens with one attached hydrogen (secondary N) is 5. The van der Waals surface area contributed by atoms with Crippen molar-refractivity contribution in [3.63, 3.8) is 0 Å². The van der Waals surface area contributed by atoms with Crippen molar-refractivity contribution in [1.29, 1.82) is 0 Å². The molecule has 0 radical (unpaired) electrons. The van der Waals surface area contributed by atoms with Gasteiger partial charge < -0.3 is 62.4 Å². The molecule has 0 aliphatic carbocycles. The molecule has 0 bridgehead atoms. The standard InChI is InChI=1S/C28H47N7O12/c1-6-17(29)24(43)30-12(2)23(42)31-18(10-19(40)41)25(44)32-20(13(3)37)26(45)33-21(14(4)38)27(46)34-22(15(5)39)28(47)35-9-7-8-16(35)11-36/h11-18,20-22,37-39H,6-10,29H2,1-5H3,(H,30,43)(H,31,42)(H,32,44)(H,33,45)(H,34,46)(H,40,41)/t12-,13+,14+,15+,16-,17-,18-,20-,21-,22-/m0/s1. The lowest BCUT2D eigenvalue weighted by Gasteiger charge is -2.31. The molecule has 0 aromatic carbocycles. The maximum Gasteiger partial charge on any atom is 0.305 e. The van der Waals surface area contributed by atoms with Crippen LogP contribution in [0.15, 0.2) is 0 Å². The first-order valence-electron chi connectivity index (χ1n) is 15.1. The summed E-state index contributed by atoms with van der Waals surface area (Å²) in [6, 6.07) is -9.89. The maximum absolute atomic E-state index is 13.2. The van der Waals surface area contributed by atoms with E-state index in [-0.39, 0.29) is 13.0 Å². The monoisotopic (exact) mass is 673 g/mol. The molecule has 1 heterocycles. The van der Waals surface area contributed by atoms with E-state index in [0.717, 1.165) is 13.8 Å². The Bertz CT molecular complexity index is 1160.